The molecule has 1 aliphatic carbocycles. The van der Waals surface area contributed by atoms with E-state index < -0.39 is 0 Å². The number of halogens is 1. The highest BCUT2D eigenvalue weighted by atomic mass is 19.1. The number of rotatable bonds is 4. The van der Waals surface area contributed by atoms with Gasteiger partial charge in [-0.2, -0.15) is 0 Å². The zero-order valence-corrected chi connectivity index (χ0v) is 12.0. The lowest BCUT2D eigenvalue weighted by Gasteiger charge is -2.35. The van der Waals surface area contributed by atoms with Crippen molar-refractivity contribution < 1.29 is 4.39 Å². The standard InChI is InChI=1S/C16H25FN2/c1-12-4-3-5-14(10-12)19(2)16-7-6-13(8-9-18)11-15(16)17/h6-7,11-12,14H,3-5,8-10,18H2,1-2H3. The van der Waals surface area contributed by atoms with Crippen LogP contribution in [0.15, 0.2) is 18.2 Å². The van der Waals surface area contributed by atoms with E-state index in [0.29, 0.717) is 12.6 Å². The number of benzene rings is 1. The first kappa shape index (κ1) is 14.3. The van der Waals surface area contributed by atoms with Crippen molar-refractivity contribution in [3.05, 3.63) is 29.6 Å². The molecule has 2 unspecified atom stereocenters. The fourth-order valence-corrected chi connectivity index (χ4v) is 3.11. The van der Waals surface area contributed by atoms with E-state index in [1.165, 1.54) is 25.7 Å². The summed E-state index contributed by atoms with van der Waals surface area (Å²) in [5.74, 6) is 0.632. The van der Waals surface area contributed by atoms with Gasteiger partial charge in [0.05, 0.1) is 5.69 Å². The second-order valence-electron chi connectivity index (χ2n) is 5.86. The van der Waals surface area contributed by atoms with Gasteiger partial charge in [0.15, 0.2) is 0 Å². The van der Waals surface area contributed by atoms with Gasteiger partial charge in [-0.3, -0.25) is 0 Å². The van der Waals surface area contributed by atoms with E-state index in [1.54, 1.807) is 6.07 Å². The smallest absolute Gasteiger partial charge is 0.146 e. The molecule has 0 radical (unpaired) electrons. The average molecular weight is 264 g/mol. The molecule has 0 heterocycles. The summed E-state index contributed by atoms with van der Waals surface area (Å²) in [7, 11) is 2.02. The molecule has 106 valence electrons. The Morgan fingerprint density at radius 3 is 2.79 bits per heavy atom. The molecule has 1 saturated carbocycles. The molecule has 0 aromatic heterocycles. The van der Waals surface area contributed by atoms with Crippen molar-refractivity contribution in [2.45, 2.75) is 45.1 Å². The maximum atomic E-state index is 14.2. The van der Waals surface area contributed by atoms with E-state index in [2.05, 4.69) is 11.8 Å². The summed E-state index contributed by atoms with van der Waals surface area (Å²) in [5, 5.41) is 0. The predicted molar refractivity (Wildman–Crippen MR) is 79.0 cm³/mol. The predicted octanol–water partition coefficient (Wildman–Crippen LogP) is 3.34. The third kappa shape index (κ3) is 3.47. The quantitative estimate of drug-likeness (QED) is 0.903. The van der Waals surface area contributed by atoms with Crippen molar-refractivity contribution in [2.24, 2.45) is 11.7 Å². The number of hydrogen-bond donors (Lipinski definition) is 1. The molecule has 0 aliphatic heterocycles. The zero-order valence-electron chi connectivity index (χ0n) is 12.0. The minimum Gasteiger partial charge on any atom is -0.369 e. The Bertz CT molecular complexity index is 419. The molecule has 1 aromatic rings. The average Bonchev–Trinajstić information content (AvgIpc) is 2.38. The van der Waals surface area contributed by atoms with Gasteiger partial charge in [0.25, 0.3) is 0 Å². The fourth-order valence-electron chi connectivity index (χ4n) is 3.11. The van der Waals surface area contributed by atoms with Gasteiger partial charge in [-0.25, -0.2) is 4.39 Å². The van der Waals surface area contributed by atoms with Crippen LogP contribution in [0, 0.1) is 11.7 Å². The van der Waals surface area contributed by atoms with Crippen molar-refractivity contribution in [3.63, 3.8) is 0 Å². The van der Waals surface area contributed by atoms with Gasteiger partial charge in [-0.1, -0.05) is 25.8 Å². The molecular weight excluding hydrogens is 239 g/mol. The largest absolute Gasteiger partial charge is 0.369 e. The van der Waals surface area contributed by atoms with Crippen LogP contribution in [-0.4, -0.2) is 19.6 Å². The van der Waals surface area contributed by atoms with Gasteiger partial charge in [0.2, 0.25) is 0 Å². The molecule has 1 aliphatic rings. The van der Waals surface area contributed by atoms with E-state index in [-0.39, 0.29) is 5.82 Å². The molecule has 2 N–H and O–H groups in total. The Kier molecular flexibility index (Phi) is 4.81. The first-order valence-corrected chi connectivity index (χ1v) is 7.33. The van der Waals surface area contributed by atoms with Crippen LogP contribution in [-0.2, 0) is 6.42 Å². The first-order chi connectivity index (χ1) is 9.11. The lowest BCUT2D eigenvalue weighted by molar-refractivity contribution is 0.335. The maximum Gasteiger partial charge on any atom is 0.146 e. The highest BCUT2D eigenvalue weighted by Gasteiger charge is 2.24. The summed E-state index contributed by atoms with van der Waals surface area (Å²) in [4.78, 5) is 2.12. The van der Waals surface area contributed by atoms with E-state index in [0.717, 1.165) is 23.6 Å². The molecule has 2 nitrogen and oxygen atoms in total. The maximum absolute atomic E-state index is 14.2. The molecule has 0 amide bonds. The van der Waals surface area contributed by atoms with Crippen molar-refractivity contribution in [2.75, 3.05) is 18.5 Å². The summed E-state index contributed by atoms with van der Waals surface area (Å²) in [5.41, 5.74) is 7.21. The molecule has 1 fully saturated rings. The van der Waals surface area contributed by atoms with Crippen molar-refractivity contribution in [3.8, 4) is 0 Å². The summed E-state index contributed by atoms with van der Waals surface area (Å²) in [6, 6.07) is 6.00. The Labute approximate surface area is 115 Å². The number of nitrogens with zero attached hydrogens (tertiary/aromatic N) is 1. The summed E-state index contributed by atoms with van der Waals surface area (Å²) in [6.07, 6.45) is 5.64. The van der Waals surface area contributed by atoms with Crippen LogP contribution < -0.4 is 10.6 Å². The SMILES string of the molecule is CC1CCCC(N(C)c2ccc(CCN)cc2F)C1. The zero-order chi connectivity index (χ0) is 13.8. The molecule has 1 aromatic carbocycles. The van der Waals surface area contributed by atoms with E-state index in [9.17, 15) is 4.39 Å². The van der Waals surface area contributed by atoms with Crippen LogP contribution in [0.25, 0.3) is 0 Å². The van der Waals surface area contributed by atoms with Gasteiger partial charge in [-0.15, -0.1) is 0 Å². The van der Waals surface area contributed by atoms with Crippen LogP contribution >= 0.6 is 0 Å². The molecule has 19 heavy (non-hydrogen) atoms. The Balaban J connectivity index is 2.12. The van der Waals surface area contributed by atoms with Crippen molar-refractivity contribution in [1.29, 1.82) is 0 Å². The monoisotopic (exact) mass is 264 g/mol. The van der Waals surface area contributed by atoms with Gasteiger partial charge >= 0.3 is 0 Å². The van der Waals surface area contributed by atoms with E-state index in [1.807, 2.05) is 19.2 Å². The van der Waals surface area contributed by atoms with Gasteiger partial charge in [-0.05, 0) is 49.4 Å². The molecule has 3 heteroatoms. The number of nitrogens with two attached hydrogens (primary N) is 1. The molecular formula is C16H25FN2. The minimum absolute atomic E-state index is 0.119. The van der Waals surface area contributed by atoms with Crippen molar-refractivity contribution in [1.82, 2.24) is 0 Å². The molecule has 2 atom stereocenters. The number of hydrogen-bond acceptors (Lipinski definition) is 2. The molecule has 0 spiro atoms. The lowest BCUT2D eigenvalue weighted by Crippen LogP contribution is -2.36. The second-order valence-corrected chi connectivity index (χ2v) is 5.86. The third-order valence-electron chi connectivity index (χ3n) is 4.28. The highest BCUT2D eigenvalue weighted by molar-refractivity contribution is 5.49. The Morgan fingerprint density at radius 2 is 2.16 bits per heavy atom. The van der Waals surface area contributed by atoms with Gasteiger partial charge in [0, 0.05) is 13.1 Å². The van der Waals surface area contributed by atoms with Crippen LogP contribution in [0.4, 0.5) is 10.1 Å². The van der Waals surface area contributed by atoms with Crippen LogP contribution in [0.1, 0.15) is 38.2 Å². The van der Waals surface area contributed by atoms with Crippen LogP contribution in [0.5, 0.6) is 0 Å². The Hall–Kier alpha value is -1.09. The lowest BCUT2D eigenvalue weighted by atomic mass is 9.86. The normalized spacial score (nSPS) is 23.4. The van der Waals surface area contributed by atoms with E-state index >= 15 is 0 Å². The summed E-state index contributed by atoms with van der Waals surface area (Å²) in [6.45, 7) is 2.86. The molecule has 0 saturated heterocycles. The Morgan fingerprint density at radius 1 is 1.37 bits per heavy atom. The third-order valence-corrected chi connectivity index (χ3v) is 4.28. The van der Waals surface area contributed by atoms with Crippen molar-refractivity contribution >= 4 is 5.69 Å². The van der Waals surface area contributed by atoms with E-state index in [4.69, 9.17) is 5.73 Å². The van der Waals surface area contributed by atoms with Gasteiger partial charge < -0.3 is 10.6 Å². The molecule has 0 bridgehead atoms. The fraction of sp³-hybridized carbons (Fsp3) is 0.625. The highest BCUT2D eigenvalue weighted by Crippen LogP contribution is 2.31. The minimum atomic E-state index is -0.119. The number of anilines is 1. The molecule has 2 rings (SSSR count). The second kappa shape index (κ2) is 6.38. The first-order valence-electron chi connectivity index (χ1n) is 7.33. The van der Waals surface area contributed by atoms with Crippen LogP contribution in [0.3, 0.4) is 0 Å². The summed E-state index contributed by atoms with van der Waals surface area (Å²) >= 11 is 0. The van der Waals surface area contributed by atoms with Crippen LogP contribution in [0.2, 0.25) is 0 Å². The van der Waals surface area contributed by atoms with Gasteiger partial charge in [0.1, 0.15) is 5.82 Å². The topological polar surface area (TPSA) is 29.3 Å². The summed E-state index contributed by atoms with van der Waals surface area (Å²) < 4.78 is 14.2.